The van der Waals surface area contributed by atoms with E-state index in [1.54, 1.807) is 12.1 Å². The van der Waals surface area contributed by atoms with E-state index in [4.69, 9.17) is 8.83 Å². The zero-order valence-electron chi connectivity index (χ0n) is 11.6. The SMILES string of the molecule is O=C(CSc1nnc(C2CC2)o1)NC(=O)NCc1ccco1. The minimum atomic E-state index is -0.578. The molecule has 1 fully saturated rings. The van der Waals surface area contributed by atoms with E-state index in [0.29, 0.717) is 22.8 Å². The highest BCUT2D eigenvalue weighted by Crippen LogP contribution is 2.39. The normalized spacial score (nSPS) is 13.8. The molecular weight excluding hydrogens is 308 g/mol. The summed E-state index contributed by atoms with van der Waals surface area (Å²) in [5.74, 6) is 1.20. The lowest BCUT2D eigenvalue weighted by Gasteiger charge is -2.04. The summed E-state index contributed by atoms with van der Waals surface area (Å²) in [6, 6.07) is 2.87. The Kier molecular flexibility index (Phi) is 4.42. The summed E-state index contributed by atoms with van der Waals surface area (Å²) in [6.45, 7) is 0.216. The molecular formula is C13H14N4O4S. The molecule has 0 saturated heterocycles. The molecule has 1 aliphatic rings. The number of imide groups is 1. The van der Waals surface area contributed by atoms with Crippen molar-refractivity contribution < 1.29 is 18.4 Å². The van der Waals surface area contributed by atoms with Crippen LogP contribution in [0.4, 0.5) is 4.79 Å². The highest BCUT2D eigenvalue weighted by molar-refractivity contribution is 7.99. The summed E-state index contributed by atoms with van der Waals surface area (Å²) in [4.78, 5) is 23.2. The molecule has 0 aliphatic heterocycles. The van der Waals surface area contributed by atoms with E-state index in [-0.39, 0.29) is 12.3 Å². The second kappa shape index (κ2) is 6.65. The Morgan fingerprint density at radius 1 is 1.36 bits per heavy atom. The minimum absolute atomic E-state index is 0.0282. The Labute approximate surface area is 130 Å². The molecule has 0 spiro atoms. The zero-order chi connectivity index (χ0) is 15.4. The van der Waals surface area contributed by atoms with E-state index in [1.165, 1.54) is 6.26 Å². The number of carbonyl (C=O) groups is 2. The number of hydrogen-bond acceptors (Lipinski definition) is 7. The highest BCUT2D eigenvalue weighted by atomic mass is 32.2. The summed E-state index contributed by atoms with van der Waals surface area (Å²) in [5.41, 5.74) is 0. The molecule has 9 heteroatoms. The third kappa shape index (κ3) is 4.10. The van der Waals surface area contributed by atoms with Gasteiger partial charge in [-0.3, -0.25) is 10.1 Å². The first-order valence-electron chi connectivity index (χ1n) is 6.77. The summed E-state index contributed by atoms with van der Waals surface area (Å²) < 4.78 is 10.5. The fourth-order valence-corrected chi connectivity index (χ4v) is 2.26. The molecule has 2 heterocycles. The molecule has 8 nitrogen and oxygen atoms in total. The fraction of sp³-hybridized carbons (Fsp3) is 0.385. The van der Waals surface area contributed by atoms with Gasteiger partial charge in [-0.1, -0.05) is 11.8 Å². The molecule has 0 bridgehead atoms. The first-order chi connectivity index (χ1) is 10.7. The van der Waals surface area contributed by atoms with Crippen LogP contribution < -0.4 is 10.6 Å². The Hall–Kier alpha value is -2.29. The number of urea groups is 1. The fourth-order valence-electron chi connectivity index (χ4n) is 1.69. The minimum Gasteiger partial charge on any atom is -0.467 e. The summed E-state index contributed by atoms with van der Waals surface area (Å²) in [7, 11) is 0. The predicted molar refractivity (Wildman–Crippen MR) is 76.1 cm³/mol. The average Bonchev–Trinajstić information content (AvgIpc) is 3.03. The van der Waals surface area contributed by atoms with Crippen molar-refractivity contribution in [3.63, 3.8) is 0 Å². The van der Waals surface area contributed by atoms with Crippen LogP contribution in [0.5, 0.6) is 0 Å². The number of rotatable bonds is 6. The van der Waals surface area contributed by atoms with Crippen molar-refractivity contribution in [2.45, 2.75) is 30.5 Å². The second-order valence-electron chi connectivity index (χ2n) is 4.78. The molecule has 2 aromatic rings. The van der Waals surface area contributed by atoms with Crippen LogP contribution >= 0.6 is 11.8 Å². The van der Waals surface area contributed by atoms with E-state index in [1.807, 2.05) is 0 Å². The topological polar surface area (TPSA) is 110 Å². The van der Waals surface area contributed by atoms with Gasteiger partial charge < -0.3 is 14.2 Å². The first-order valence-corrected chi connectivity index (χ1v) is 7.75. The van der Waals surface area contributed by atoms with Gasteiger partial charge in [0.2, 0.25) is 11.8 Å². The molecule has 0 unspecified atom stereocenters. The molecule has 22 heavy (non-hydrogen) atoms. The molecule has 3 amide bonds. The number of furan rings is 1. The molecule has 1 aliphatic carbocycles. The van der Waals surface area contributed by atoms with Crippen molar-refractivity contribution in [1.82, 2.24) is 20.8 Å². The van der Waals surface area contributed by atoms with Gasteiger partial charge in [0.05, 0.1) is 18.6 Å². The van der Waals surface area contributed by atoms with E-state index in [0.717, 1.165) is 24.6 Å². The maximum Gasteiger partial charge on any atom is 0.321 e. The highest BCUT2D eigenvalue weighted by Gasteiger charge is 2.29. The standard InChI is InChI=1S/C13H14N4O4S/c18-10(15-12(19)14-6-9-2-1-5-20-9)7-22-13-17-16-11(21-13)8-3-4-8/h1-2,5,8H,3-4,6-7H2,(H2,14,15,18,19). The largest absolute Gasteiger partial charge is 0.467 e. The van der Waals surface area contributed by atoms with Crippen molar-refractivity contribution >= 4 is 23.7 Å². The molecule has 2 N–H and O–H groups in total. The van der Waals surface area contributed by atoms with Crippen LogP contribution in [0.15, 0.2) is 32.5 Å². The average molecular weight is 322 g/mol. The lowest BCUT2D eigenvalue weighted by Crippen LogP contribution is -2.39. The third-order valence-electron chi connectivity index (χ3n) is 2.93. The van der Waals surface area contributed by atoms with Crippen molar-refractivity contribution in [3.05, 3.63) is 30.0 Å². The van der Waals surface area contributed by atoms with E-state index in [9.17, 15) is 9.59 Å². The van der Waals surface area contributed by atoms with Crippen LogP contribution in [-0.2, 0) is 11.3 Å². The number of hydrogen-bond donors (Lipinski definition) is 2. The molecule has 0 radical (unpaired) electrons. The number of carbonyl (C=O) groups excluding carboxylic acids is 2. The number of nitrogens with one attached hydrogen (secondary N) is 2. The summed E-state index contributed by atoms with van der Waals surface area (Å²) >= 11 is 1.10. The Morgan fingerprint density at radius 2 is 2.23 bits per heavy atom. The van der Waals surface area contributed by atoms with Crippen molar-refractivity contribution in [2.24, 2.45) is 0 Å². The second-order valence-corrected chi connectivity index (χ2v) is 5.71. The summed E-state index contributed by atoms with van der Waals surface area (Å²) in [6.07, 6.45) is 3.66. The van der Waals surface area contributed by atoms with Gasteiger partial charge in [0.15, 0.2) is 0 Å². The van der Waals surface area contributed by atoms with Gasteiger partial charge >= 0.3 is 6.03 Å². The van der Waals surface area contributed by atoms with Crippen LogP contribution in [-0.4, -0.2) is 27.9 Å². The van der Waals surface area contributed by atoms with E-state index in [2.05, 4.69) is 20.8 Å². The van der Waals surface area contributed by atoms with Crippen molar-refractivity contribution in [2.75, 3.05) is 5.75 Å². The molecule has 0 aromatic carbocycles. The third-order valence-corrected chi connectivity index (χ3v) is 3.75. The van der Waals surface area contributed by atoms with Crippen LogP contribution in [0.25, 0.3) is 0 Å². The van der Waals surface area contributed by atoms with Gasteiger partial charge in [0.1, 0.15) is 5.76 Å². The molecule has 116 valence electrons. The van der Waals surface area contributed by atoms with Gasteiger partial charge in [-0.05, 0) is 25.0 Å². The van der Waals surface area contributed by atoms with Crippen LogP contribution in [0.1, 0.15) is 30.4 Å². The predicted octanol–water partition coefficient (Wildman–Crippen LogP) is 1.66. The Balaban J connectivity index is 1.36. The number of amides is 3. The first kappa shape index (κ1) is 14.6. The number of aromatic nitrogens is 2. The monoisotopic (exact) mass is 322 g/mol. The molecule has 0 atom stereocenters. The van der Waals surface area contributed by atoms with E-state index >= 15 is 0 Å². The molecule has 2 aromatic heterocycles. The van der Waals surface area contributed by atoms with Crippen LogP contribution in [0.3, 0.4) is 0 Å². The van der Waals surface area contributed by atoms with Gasteiger partial charge in [-0.25, -0.2) is 4.79 Å². The maximum atomic E-state index is 11.6. The number of nitrogens with zero attached hydrogens (tertiary/aromatic N) is 2. The Bertz CT molecular complexity index is 651. The molecule has 3 rings (SSSR count). The zero-order valence-corrected chi connectivity index (χ0v) is 12.4. The quantitative estimate of drug-likeness (QED) is 0.778. The lowest BCUT2D eigenvalue weighted by atomic mass is 10.4. The maximum absolute atomic E-state index is 11.6. The van der Waals surface area contributed by atoms with Gasteiger partial charge in [0.25, 0.3) is 5.22 Å². The smallest absolute Gasteiger partial charge is 0.321 e. The number of thioether (sulfide) groups is 1. The van der Waals surface area contributed by atoms with Crippen LogP contribution in [0.2, 0.25) is 0 Å². The van der Waals surface area contributed by atoms with Gasteiger partial charge in [-0.15, -0.1) is 10.2 Å². The van der Waals surface area contributed by atoms with Crippen molar-refractivity contribution in [3.8, 4) is 0 Å². The van der Waals surface area contributed by atoms with Crippen molar-refractivity contribution in [1.29, 1.82) is 0 Å². The lowest BCUT2D eigenvalue weighted by molar-refractivity contribution is -0.117. The summed E-state index contributed by atoms with van der Waals surface area (Å²) in [5, 5.41) is 12.8. The Morgan fingerprint density at radius 3 is 2.95 bits per heavy atom. The van der Waals surface area contributed by atoms with E-state index < -0.39 is 11.9 Å². The molecule has 1 saturated carbocycles. The van der Waals surface area contributed by atoms with Gasteiger partial charge in [0, 0.05) is 5.92 Å². The van der Waals surface area contributed by atoms with Crippen LogP contribution in [0, 0.1) is 0 Å². The van der Waals surface area contributed by atoms with Gasteiger partial charge in [-0.2, -0.15) is 0 Å².